The van der Waals surface area contributed by atoms with E-state index in [2.05, 4.69) is 52.3 Å². The molecule has 1 saturated heterocycles. The van der Waals surface area contributed by atoms with E-state index in [-0.39, 0.29) is 54.6 Å². The molecule has 6 rings (SSSR count). The van der Waals surface area contributed by atoms with Crippen molar-refractivity contribution >= 4 is 27.9 Å². The number of nitrogens with two attached hydrogens (primary N) is 1. The number of carbonyl (C=O) groups excluding carboxylic acids is 2. The van der Waals surface area contributed by atoms with Gasteiger partial charge in [-0.15, -0.1) is 0 Å². The predicted octanol–water partition coefficient (Wildman–Crippen LogP) is 7.91. The predicted molar refractivity (Wildman–Crippen MR) is 217 cm³/mol. The molecule has 1 unspecified atom stereocenters. The number of benzene rings is 1. The maximum atomic E-state index is 13.7. The molecule has 0 radical (unpaired) electrons. The van der Waals surface area contributed by atoms with Gasteiger partial charge in [0.15, 0.2) is 0 Å². The Labute approximate surface area is 353 Å². The number of hydrogen-bond acceptors (Lipinski definition) is 9. The number of aliphatic carboxylic acids is 1. The minimum absolute atomic E-state index is 0.0185. The summed E-state index contributed by atoms with van der Waals surface area (Å²) in [4.78, 5) is 39.4. The standard InChI is InChI=1S/C45H65F3N2O9S/c1-26(2)27(3)40(5)19-20-42(7)31-15-16-35-41(6)24-57-25-44(35,32(31)17-18-43(42,8)36(40)38(52)53)23-34(58-28(4)51)37(41)59-39(54)33(49)14-9-10-21-50-60(55,56)30-13-11-12-29(22-30)45(46,47)48/h11-13,17,22,26-27,31,33-37,50H,9-10,14-16,18-21,23-25,49H2,1-8H3,(H,52,53)/t27-,31+,33?,34-,35+,36-,37+,40-,41-,42-,43+,44-/m1/s1. The zero-order valence-corrected chi connectivity index (χ0v) is 37.1. The Balaban J connectivity index is 1.18. The number of ether oxygens (including phenoxy) is 3. The van der Waals surface area contributed by atoms with Crippen molar-refractivity contribution in [1.29, 1.82) is 0 Å². The van der Waals surface area contributed by atoms with Crippen molar-refractivity contribution in [2.24, 2.45) is 62.4 Å². The molecule has 11 nitrogen and oxygen atoms in total. The van der Waals surface area contributed by atoms with Crippen molar-refractivity contribution in [1.82, 2.24) is 4.72 Å². The van der Waals surface area contributed by atoms with Crippen molar-refractivity contribution in [3.8, 4) is 0 Å². The Hall–Kier alpha value is -3.01. The monoisotopic (exact) mass is 866 g/mol. The minimum Gasteiger partial charge on any atom is -0.481 e. The Bertz CT molecular complexity index is 1980. The van der Waals surface area contributed by atoms with Crippen LogP contribution in [-0.2, 0) is 44.8 Å². The number of halogens is 3. The number of sulfonamides is 1. The van der Waals surface area contributed by atoms with E-state index in [1.807, 2.05) is 6.92 Å². The molecule has 0 spiro atoms. The first kappa shape index (κ1) is 46.5. The highest BCUT2D eigenvalue weighted by Gasteiger charge is 2.72. The summed E-state index contributed by atoms with van der Waals surface area (Å²) in [6.07, 6.45) is 1.03. The number of carboxylic acids is 1. The molecule has 5 aliphatic rings. The second kappa shape index (κ2) is 16.3. The van der Waals surface area contributed by atoms with Gasteiger partial charge in [0.05, 0.1) is 29.6 Å². The molecule has 1 aromatic carbocycles. The van der Waals surface area contributed by atoms with Crippen LogP contribution in [0.25, 0.3) is 0 Å². The maximum Gasteiger partial charge on any atom is 0.416 e. The van der Waals surface area contributed by atoms with Crippen LogP contribution in [0.1, 0.15) is 119 Å². The average molecular weight is 867 g/mol. The van der Waals surface area contributed by atoms with Gasteiger partial charge in [0.25, 0.3) is 0 Å². The summed E-state index contributed by atoms with van der Waals surface area (Å²) in [5, 5.41) is 11.0. The lowest BCUT2D eigenvalue weighted by Gasteiger charge is -2.71. The van der Waals surface area contributed by atoms with E-state index in [9.17, 15) is 41.1 Å². The van der Waals surface area contributed by atoms with Gasteiger partial charge in [-0.05, 0) is 109 Å². The molecule has 15 heteroatoms. The molecule has 2 bridgehead atoms. The molecule has 4 fully saturated rings. The Morgan fingerprint density at radius 1 is 1.02 bits per heavy atom. The third kappa shape index (κ3) is 7.73. The number of carboxylic acid groups (broad SMARTS) is 1. The summed E-state index contributed by atoms with van der Waals surface area (Å²) in [5.74, 6) is -1.80. The molecule has 0 amide bonds. The van der Waals surface area contributed by atoms with Crippen molar-refractivity contribution < 1.29 is 55.3 Å². The number of nitrogens with one attached hydrogen (secondary N) is 1. The molecule has 60 heavy (non-hydrogen) atoms. The normalized spacial score (nSPS) is 37.4. The Morgan fingerprint density at radius 2 is 1.72 bits per heavy atom. The van der Waals surface area contributed by atoms with Gasteiger partial charge in [-0.3, -0.25) is 14.4 Å². The van der Waals surface area contributed by atoms with Crippen molar-refractivity contribution in [3.05, 3.63) is 41.5 Å². The van der Waals surface area contributed by atoms with Crippen molar-refractivity contribution in [2.45, 2.75) is 142 Å². The van der Waals surface area contributed by atoms with E-state index in [1.54, 1.807) is 0 Å². The van der Waals surface area contributed by atoms with Crippen LogP contribution in [0.3, 0.4) is 0 Å². The highest BCUT2D eigenvalue weighted by molar-refractivity contribution is 7.89. The first-order chi connectivity index (χ1) is 27.8. The molecule has 1 aromatic rings. The van der Waals surface area contributed by atoms with Gasteiger partial charge < -0.3 is 25.1 Å². The van der Waals surface area contributed by atoms with Gasteiger partial charge in [-0.2, -0.15) is 13.2 Å². The van der Waals surface area contributed by atoms with Crippen molar-refractivity contribution in [3.63, 3.8) is 0 Å². The largest absolute Gasteiger partial charge is 0.481 e. The van der Waals surface area contributed by atoms with E-state index in [1.165, 1.54) is 12.5 Å². The number of alkyl halides is 3. The summed E-state index contributed by atoms with van der Waals surface area (Å²) < 4.78 is 85.9. The maximum absolute atomic E-state index is 13.7. The molecule has 3 saturated carbocycles. The van der Waals surface area contributed by atoms with Crippen LogP contribution >= 0.6 is 0 Å². The van der Waals surface area contributed by atoms with Gasteiger partial charge in [0.2, 0.25) is 10.0 Å². The fraction of sp³-hybridized carbons (Fsp3) is 0.756. The van der Waals surface area contributed by atoms with Crippen LogP contribution < -0.4 is 10.5 Å². The Kier molecular flexibility index (Phi) is 12.6. The number of hydrogen-bond donors (Lipinski definition) is 3. The third-order valence-corrected chi connectivity index (χ3v) is 18.1. The quantitative estimate of drug-likeness (QED) is 0.101. The number of fused-ring (bicyclic) bond motifs is 3. The van der Waals surface area contributed by atoms with Gasteiger partial charge >= 0.3 is 24.1 Å². The van der Waals surface area contributed by atoms with Gasteiger partial charge in [0.1, 0.15) is 18.2 Å². The summed E-state index contributed by atoms with van der Waals surface area (Å²) in [5.41, 5.74) is 4.09. The molecule has 0 aromatic heterocycles. The van der Waals surface area contributed by atoms with E-state index in [0.717, 1.165) is 43.9 Å². The first-order valence-electron chi connectivity index (χ1n) is 21.6. The van der Waals surface area contributed by atoms with Gasteiger partial charge in [-0.1, -0.05) is 72.6 Å². The van der Waals surface area contributed by atoms with E-state index < -0.39 is 85.0 Å². The van der Waals surface area contributed by atoms with Crippen molar-refractivity contribution in [2.75, 3.05) is 19.8 Å². The summed E-state index contributed by atoms with van der Waals surface area (Å²) in [6.45, 7) is 17.2. The lowest BCUT2D eigenvalue weighted by molar-refractivity contribution is -0.263. The lowest BCUT2D eigenvalue weighted by Crippen LogP contribution is -2.70. The number of carbonyl (C=O) groups is 3. The van der Waals surface area contributed by atoms with Gasteiger partial charge in [-0.25, -0.2) is 13.1 Å². The third-order valence-electron chi connectivity index (χ3n) is 16.6. The zero-order valence-electron chi connectivity index (χ0n) is 36.3. The van der Waals surface area contributed by atoms with Crippen LogP contribution in [-0.4, -0.2) is 69.4 Å². The highest BCUT2D eigenvalue weighted by atomic mass is 32.2. The van der Waals surface area contributed by atoms with E-state index in [4.69, 9.17) is 19.9 Å². The summed E-state index contributed by atoms with van der Waals surface area (Å²) in [7, 11) is -4.21. The Morgan fingerprint density at radius 3 is 2.35 bits per heavy atom. The van der Waals surface area contributed by atoms with Gasteiger partial charge in [0, 0.05) is 24.3 Å². The fourth-order valence-corrected chi connectivity index (χ4v) is 14.2. The average Bonchev–Trinajstić information content (AvgIpc) is 3.15. The van der Waals surface area contributed by atoms with Crippen LogP contribution in [0.5, 0.6) is 0 Å². The second-order valence-corrected chi connectivity index (χ2v) is 21.8. The molecule has 4 N–H and O–H groups in total. The molecular weight excluding hydrogens is 802 g/mol. The second-order valence-electron chi connectivity index (χ2n) is 20.1. The fourth-order valence-electron chi connectivity index (χ4n) is 13.1. The summed E-state index contributed by atoms with van der Waals surface area (Å²) >= 11 is 0. The van der Waals surface area contributed by atoms with E-state index >= 15 is 0 Å². The van der Waals surface area contributed by atoms with Crippen LogP contribution in [0, 0.1) is 56.7 Å². The number of esters is 2. The molecular formula is C45H65F3N2O9S. The first-order valence-corrected chi connectivity index (χ1v) is 23.1. The number of allylic oxidation sites excluding steroid dienone is 1. The highest BCUT2D eigenvalue weighted by Crippen LogP contribution is 2.75. The topological polar surface area (TPSA) is 171 Å². The number of rotatable bonds is 13. The van der Waals surface area contributed by atoms with Crippen LogP contribution in [0.4, 0.5) is 13.2 Å². The molecule has 1 heterocycles. The van der Waals surface area contributed by atoms with E-state index in [0.29, 0.717) is 37.9 Å². The zero-order chi connectivity index (χ0) is 44.4. The molecule has 1 aliphatic heterocycles. The molecule has 4 aliphatic carbocycles. The van der Waals surface area contributed by atoms with Crippen LogP contribution in [0.15, 0.2) is 40.8 Å². The SMILES string of the molecule is CC(=O)O[C@@H]1C[C@]23COC[C@](C)([C@@H]2CC[C@H]2C3=CC[C@@]3(C)[C@H](C(=O)O)[C@@](C)([C@H](C)C(C)C)CC[C@]23C)[C@H]1OC(=O)C(N)CCCCNS(=O)(=O)c1cccc(C(F)(F)F)c1. The number of unbranched alkanes of at least 4 members (excludes halogenated alkanes) is 1. The minimum atomic E-state index is -4.69. The lowest BCUT2D eigenvalue weighted by atomic mass is 9.34. The van der Waals surface area contributed by atoms with Crippen LogP contribution in [0.2, 0.25) is 0 Å². The molecule has 336 valence electrons. The summed E-state index contributed by atoms with van der Waals surface area (Å²) in [6, 6.07) is 2.42. The molecule has 12 atom stereocenters. The smallest absolute Gasteiger partial charge is 0.416 e.